The fourth-order valence-corrected chi connectivity index (χ4v) is 4.46. The van der Waals surface area contributed by atoms with Crippen molar-refractivity contribution in [2.45, 2.75) is 58.0 Å². The van der Waals surface area contributed by atoms with E-state index >= 15 is 0 Å². The van der Waals surface area contributed by atoms with Crippen LogP contribution in [0, 0.1) is 11.8 Å². The lowest BCUT2D eigenvalue weighted by molar-refractivity contribution is -0.126. The summed E-state index contributed by atoms with van der Waals surface area (Å²) >= 11 is 0. The van der Waals surface area contributed by atoms with Gasteiger partial charge in [-0.3, -0.25) is 9.59 Å². The van der Waals surface area contributed by atoms with Gasteiger partial charge in [0.25, 0.3) is 5.56 Å². The van der Waals surface area contributed by atoms with E-state index in [2.05, 4.69) is 46.8 Å². The Labute approximate surface area is 182 Å². The highest BCUT2D eigenvalue weighted by Gasteiger charge is 2.27. The van der Waals surface area contributed by atoms with E-state index in [0.717, 1.165) is 38.5 Å². The summed E-state index contributed by atoms with van der Waals surface area (Å²) in [6.45, 7) is 2.65. The van der Waals surface area contributed by atoms with Crippen LogP contribution in [-0.4, -0.2) is 26.9 Å². The summed E-state index contributed by atoms with van der Waals surface area (Å²) in [5.74, 6) is 0.587. The van der Waals surface area contributed by atoms with Crippen molar-refractivity contribution in [3.63, 3.8) is 0 Å². The molecule has 0 unspecified atom stereocenters. The molecule has 162 valence electrons. The molecule has 1 fully saturated rings. The van der Waals surface area contributed by atoms with Crippen molar-refractivity contribution in [1.29, 1.82) is 0 Å². The van der Waals surface area contributed by atoms with Gasteiger partial charge in [0.05, 0.1) is 5.39 Å². The van der Waals surface area contributed by atoms with Crippen molar-refractivity contribution in [2.24, 2.45) is 11.8 Å². The van der Waals surface area contributed by atoms with E-state index in [9.17, 15) is 9.59 Å². The van der Waals surface area contributed by atoms with Crippen LogP contribution in [0.25, 0.3) is 10.9 Å². The SMILES string of the molecule is C[C@H](CCc1ccccc1)NC(=O)C1CCC(Cn2nnc3ccccc3c2=O)CC1. The molecule has 1 N–H and O–H groups in total. The Kier molecular flexibility index (Phi) is 6.75. The van der Waals surface area contributed by atoms with Gasteiger partial charge in [-0.1, -0.05) is 47.7 Å². The Bertz CT molecular complexity index is 1070. The summed E-state index contributed by atoms with van der Waals surface area (Å²) in [4.78, 5) is 25.4. The predicted molar refractivity (Wildman–Crippen MR) is 122 cm³/mol. The van der Waals surface area contributed by atoms with E-state index in [4.69, 9.17) is 0 Å². The average molecular weight is 419 g/mol. The minimum Gasteiger partial charge on any atom is -0.353 e. The monoisotopic (exact) mass is 418 g/mol. The van der Waals surface area contributed by atoms with Gasteiger partial charge in [-0.2, -0.15) is 0 Å². The molecule has 6 nitrogen and oxygen atoms in total. The molecule has 1 amide bonds. The third-order valence-corrected chi connectivity index (χ3v) is 6.38. The molecule has 1 heterocycles. The van der Waals surface area contributed by atoms with Crippen LogP contribution in [0.1, 0.15) is 44.6 Å². The van der Waals surface area contributed by atoms with Crippen LogP contribution in [0.2, 0.25) is 0 Å². The van der Waals surface area contributed by atoms with Gasteiger partial charge in [0, 0.05) is 18.5 Å². The Morgan fingerprint density at radius 1 is 1.06 bits per heavy atom. The number of carbonyl (C=O) groups excluding carboxylic acids is 1. The fraction of sp³-hybridized carbons (Fsp3) is 0.440. The van der Waals surface area contributed by atoms with Crippen LogP contribution in [0.3, 0.4) is 0 Å². The summed E-state index contributed by atoms with van der Waals surface area (Å²) in [5.41, 5.74) is 1.85. The quantitative estimate of drug-likeness (QED) is 0.634. The molecule has 4 rings (SSSR count). The molecule has 0 radical (unpaired) electrons. The zero-order valence-corrected chi connectivity index (χ0v) is 18.0. The van der Waals surface area contributed by atoms with E-state index < -0.39 is 0 Å². The van der Waals surface area contributed by atoms with Crippen molar-refractivity contribution < 1.29 is 4.79 Å². The average Bonchev–Trinajstić information content (AvgIpc) is 2.81. The lowest BCUT2D eigenvalue weighted by atomic mass is 9.81. The second kappa shape index (κ2) is 9.86. The van der Waals surface area contributed by atoms with Gasteiger partial charge in [-0.15, -0.1) is 5.10 Å². The van der Waals surface area contributed by atoms with Gasteiger partial charge in [0.15, 0.2) is 0 Å². The highest BCUT2D eigenvalue weighted by Crippen LogP contribution is 2.30. The molecular formula is C25H30N4O2. The highest BCUT2D eigenvalue weighted by atomic mass is 16.2. The molecule has 0 bridgehead atoms. The van der Waals surface area contributed by atoms with E-state index in [-0.39, 0.29) is 23.4 Å². The van der Waals surface area contributed by atoms with E-state index in [0.29, 0.717) is 23.4 Å². The smallest absolute Gasteiger partial charge is 0.277 e. The zero-order valence-electron chi connectivity index (χ0n) is 18.0. The highest BCUT2D eigenvalue weighted by molar-refractivity contribution is 5.79. The van der Waals surface area contributed by atoms with E-state index in [1.165, 1.54) is 10.2 Å². The molecule has 0 aliphatic heterocycles. The largest absolute Gasteiger partial charge is 0.353 e. The van der Waals surface area contributed by atoms with Crippen molar-refractivity contribution in [3.8, 4) is 0 Å². The number of carbonyl (C=O) groups is 1. The first-order chi connectivity index (χ1) is 15.1. The standard InChI is InChI=1S/C25H30N4O2/c1-18(11-12-19-7-3-2-4-8-19)26-24(30)21-15-13-20(14-16-21)17-29-25(31)22-9-5-6-10-23(22)27-28-29/h2-10,18,20-21H,11-17H2,1H3,(H,26,30)/t18-,20?,21?/m1/s1. The molecule has 2 aromatic carbocycles. The second-order valence-corrected chi connectivity index (χ2v) is 8.75. The number of hydrogen-bond acceptors (Lipinski definition) is 4. The topological polar surface area (TPSA) is 76.9 Å². The van der Waals surface area contributed by atoms with Gasteiger partial charge < -0.3 is 5.32 Å². The molecule has 1 aliphatic rings. The third-order valence-electron chi connectivity index (χ3n) is 6.38. The van der Waals surface area contributed by atoms with Gasteiger partial charge in [0.2, 0.25) is 5.91 Å². The number of rotatable bonds is 7. The van der Waals surface area contributed by atoms with Crippen molar-refractivity contribution >= 4 is 16.8 Å². The Balaban J connectivity index is 1.25. The summed E-state index contributed by atoms with van der Waals surface area (Å²) in [5, 5.41) is 12.1. The lowest BCUT2D eigenvalue weighted by Crippen LogP contribution is -2.39. The normalized spacial score (nSPS) is 19.8. The lowest BCUT2D eigenvalue weighted by Gasteiger charge is -2.28. The maximum absolute atomic E-state index is 12.7. The third kappa shape index (κ3) is 5.37. The van der Waals surface area contributed by atoms with Gasteiger partial charge in [-0.25, -0.2) is 4.68 Å². The number of aromatic nitrogens is 3. The Morgan fingerprint density at radius 2 is 1.77 bits per heavy atom. The summed E-state index contributed by atoms with van der Waals surface area (Å²) in [6.07, 6.45) is 5.48. The minimum absolute atomic E-state index is 0.0647. The number of hydrogen-bond donors (Lipinski definition) is 1. The zero-order chi connectivity index (χ0) is 21.6. The molecular weight excluding hydrogens is 388 g/mol. The molecule has 3 aromatic rings. The Morgan fingerprint density at radius 3 is 2.55 bits per heavy atom. The summed E-state index contributed by atoms with van der Waals surface area (Å²) in [7, 11) is 0. The number of benzene rings is 2. The first kappa shape index (κ1) is 21.2. The molecule has 31 heavy (non-hydrogen) atoms. The number of fused-ring (bicyclic) bond motifs is 1. The molecule has 1 aromatic heterocycles. The van der Waals surface area contributed by atoms with Crippen LogP contribution in [0.15, 0.2) is 59.4 Å². The summed E-state index contributed by atoms with van der Waals surface area (Å²) in [6, 6.07) is 17.8. The van der Waals surface area contributed by atoms with E-state index in [1.54, 1.807) is 12.1 Å². The molecule has 1 aliphatic carbocycles. The maximum Gasteiger partial charge on any atom is 0.277 e. The van der Waals surface area contributed by atoms with Crippen LogP contribution in [0.5, 0.6) is 0 Å². The predicted octanol–water partition coefficient (Wildman–Crippen LogP) is 3.74. The maximum atomic E-state index is 12.7. The van der Waals surface area contributed by atoms with Gasteiger partial charge >= 0.3 is 0 Å². The number of aryl methyl sites for hydroxylation is 1. The van der Waals surface area contributed by atoms with Crippen molar-refractivity contribution in [1.82, 2.24) is 20.3 Å². The van der Waals surface area contributed by atoms with Crippen LogP contribution in [0.4, 0.5) is 0 Å². The van der Waals surface area contributed by atoms with E-state index in [1.807, 2.05) is 18.2 Å². The van der Waals surface area contributed by atoms with Crippen LogP contribution in [-0.2, 0) is 17.8 Å². The van der Waals surface area contributed by atoms with Gasteiger partial charge in [0.1, 0.15) is 5.52 Å². The first-order valence-electron chi connectivity index (χ1n) is 11.3. The molecule has 0 saturated heterocycles. The first-order valence-corrected chi connectivity index (χ1v) is 11.3. The molecule has 0 spiro atoms. The van der Waals surface area contributed by atoms with Crippen molar-refractivity contribution in [2.75, 3.05) is 0 Å². The summed E-state index contributed by atoms with van der Waals surface area (Å²) < 4.78 is 1.49. The number of nitrogens with one attached hydrogen (secondary N) is 1. The fourth-order valence-electron chi connectivity index (χ4n) is 4.46. The molecule has 1 saturated carbocycles. The van der Waals surface area contributed by atoms with Crippen LogP contribution < -0.4 is 10.9 Å². The minimum atomic E-state index is -0.0855. The van der Waals surface area contributed by atoms with Crippen LogP contribution >= 0.6 is 0 Å². The second-order valence-electron chi connectivity index (χ2n) is 8.75. The Hall–Kier alpha value is -3.02. The number of amides is 1. The number of nitrogens with zero attached hydrogens (tertiary/aromatic N) is 3. The molecule has 6 heteroatoms. The molecule has 1 atom stereocenters. The van der Waals surface area contributed by atoms with Crippen molar-refractivity contribution in [3.05, 3.63) is 70.5 Å². The van der Waals surface area contributed by atoms with Gasteiger partial charge in [-0.05, 0) is 69.1 Å².